The molecule has 7 N–H and O–H groups in total. The summed E-state index contributed by atoms with van der Waals surface area (Å²) < 4.78 is 0. The van der Waals surface area contributed by atoms with Gasteiger partial charge in [-0.3, -0.25) is 19.2 Å². The molecule has 2 aromatic rings. The van der Waals surface area contributed by atoms with Gasteiger partial charge in [-0.25, -0.2) is 0 Å². The molecular formula is C26H39N5O5. The molecule has 0 saturated carbocycles. The molecule has 0 spiro atoms. The molecule has 0 aliphatic rings. The number of para-hydroxylation sites is 1. The molecule has 0 radical (unpaired) electrons. The van der Waals surface area contributed by atoms with Crippen molar-refractivity contribution in [2.75, 3.05) is 0 Å². The second-order valence-electron chi connectivity index (χ2n) is 9.80. The summed E-state index contributed by atoms with van der Waals surface area (Å²) in [5, 5.41) is 18.0. The molecule has 5 atom stereocenters. The van der Waals surface area contributed by atoms with Crippen LogP contribution in [0, 0.1) is 11.8 Å². The van der Waals surface area contributed by atoms with Crippen LogP contribution in [0.1, 0.15) is 53.0 Å². The molecule has 1 heterocycles. The summed E-state index contributed by atoms with van der Waals surface area (Å²) in [6.07, 6.45) is 3.03. The van der Waals surface area contributed by atoms with Crippen LogP contribution in [0.2, 0.25) is 0 Å². The Hall–Kier alpha value is -3.40. The van der Waals surface area contributed by atoms with Crippen molar-refractivity contribution in [2.45, 2.75) is 78.0 Å². The number of nitrogens with two attached hydrogens (primary N) is 1. The first-order valence-electron chi connectivity index (χ1n) is 12.4. The Morgan fingerprint density at radius 3 is 2.25 bits per heavy atom. The standard InChI is InChI=1S/C26H39N5O5/c1-6-15(4)22(25(34)30-21(11-14(2)3)24(33)29-16(5)26(35)36)31-23(32)19(27)12-17-13-28-20-10-8-7-9-18(17)20/h7-10,13-16,19,21-22,28H,6,11-12,27H2,1-5H3,(H,29,33)(H,30,34)(H,31,32)(H,35,36). The van der Waals surface area contributed by atoms with E-state index in [2.05, 4.69) is 20.9 Å². The van der Waals surface area contributed by atoms with E-state index in [-0.39, 0.29) is 18.3 Å². The van der Waals surface area contributed by atoms with Crippen molar-refractivity contribution in [1.82, 2.24) is 20.9 Å². The SMILES string of the molecule is CCC(C)C(NC(=O)C(N)Cc1c[nH]c2ccccc12)C(=O)NC(CC(C)C)C(=O)NC(C)C(=O)O. The highest BCUT2D eigenvalue weighted by molar-refractivity contribution is 5.94. The van der Waals surface area contributed by atoms with Gasteiger partial charge in [-0.15, -0.1) is 0 Å². The number of benzene rings is 1. The third-order valence-corrected chi connectivity index (χ3v) is 6.31. The van der Waals surface area contributed by atoms with Crippen molar-refractivity contribution < 1.29 is 24.3 Å². The maximum absolute atomic E-state index is 13.2. The van der Waals surface area contributed by atoms with E-state index in [0.29, 0.717) is 12.8 Å². The molecule has 0 aliphatic carbocycles. The number of aromatic nitrogens is 1. The summed E-state index contributed by atoms with van der Waals surface area (Å²) in [5.41, 5.74) is 8.06. The van der Waals surface area contributed by atoms with Gasteiger partial charge in [0.05, 0.1) is 6.04 Å². The predicted molar refractivity (Wildman–Crippen MR) is 138 cm³/mol. The number of fused-ring (bicyclic) bond motifs is 1. The van der Waals surface area contributed by atoms with Gasteiger partial charge < -0.3 is 31.8 Å². The number of carbonyl (C=O) groups excluding carboxylic acids is 3. The third-order valence-electron chi connectivity index (χ3n) is 6.31. The lowest BCUT2D eigenvalue weighted by atomic mass is 9.96. The van der Waals surface area contributed by atoms with Gasteiger partial charge in [0.25, 0.3) is 0 Å². The van der Waals surface area contributed by atoms with Gasteiger partial charge in [-0.2, -0.15) is 0 Å². The van der Waals surface area contributed by atoms with Gasteiger partial charge >= 0.3 is 5.97 Å². The lowest BCUT2D eigenvalue weighted by Crippen LogP contribution is -2.58. The van der Waals surface area contributed by atoms with Gasteiger partial charge in [-0.05, 0) is 43.2 Å². The fourth-order valence-electron chi connectivity index (χ4n) is 3.93. The highest BCUT2D eigenvalue weighted by Crippen LogP contribution is 2.19. The normalized spacial score (nSPS) is 15.5. The first-order chi connectivity index (χ1) is 16.9. The largest absolute Gasteiger partial charge is 0.480 e. The van der Waals surface area contributed by atoms with Crippen LogP contribution in [0.3, 0.4) is 0 Å². The van der Waals surface area contributed by atoms with Crippen LogP contribution in [0.5, 0.6) is 0 Å². The van der Waals surface area contributed by atoms with Crippen molar-refractivity contribution in [2.24, 2.45) is 17.6 Å². The van der Waals surface area contributed by atoms with Crippen LogP contribution in [-0.4, -0.2) is 57.9 Å². The van der Waals surface area contributed by atoms with E-state index in [1.807, 2.05) is 58.2 Å². The second-order valence-corrected chi connectivity index (χ2v) is 9.80. The number of aliphatic carboxylic acids is 1. The van der Waals surface area contributed by atoms with Crippen LogP contribution in [0.15, 0.2) is 30.5 Å². The van der Waals surface area contributed by atoms with Crippen molar-refractivity contribution in [3.05, 3.63) is 36.0 Å². The van der Waals surface area contributed by atoms with E-state index < -0.39 is 47.9 Å². The molecule has 198 valence electrons. The average molecular weight is 502 g/mol. The molecule has 0 fully saturated rings. The zero-order valence-corrected chi connectivity index (χ0v) is 21.6. The molecule has 10 nitrogen and oxygen atoms in total. The van der Waals surface area contributed by atoms with E-state index in [1.54, 1.807) is 0 Å². The number of carbonyl (C=O) groups is 4. The molecule has 1 aromatic carbocycles. The van der Waals surface area contributed by atoms with Gasteiger partial charge in [-0.1, -0.05) is 52.3 Å². The van der Waals surface area contributed by atoms with E-state index in [9.17, 15) is 19.2 Å². The summed E-state index contributed by atoms with van der Waals surface area (Å²) in [5.74, 6) is -2.91. The number of amides is 3. The van der Waals surface area contributed by atoms with Crippen molar-refractivity contribution in [1.29, 1.82) is 0 Å². The number of H-pyrrole nitrogens is 1. The zero-order valence-electron chi connectivity index (χ0n) is 21.6. The Kier molecular flexibility index (Phi) is 10.5. The minimum Gasteiger partial charge on any atom is -0.480 e. The van der Waals surface area contributed by atoms with Crippen LogP contribution < -0.4 is 21.7 Å². The van der Waals surface area contributed by atoms with Crippen LogP contribution in [0.25, 0.3) is 10.9 Å². The summed E-state index contributed by atoms with van der Waals surface area (Å²) in [6.45, 7) is 8.87. The van der Waals surface area contributed by atoms with Crippen molar-refractivity contribution in [3.8, 4) is 0 Å². The Labute approximate surface area is 211 Å². The predicted octanol–water partition coefficient (Wildman–Crippen LogP) is 1.69. The second kappa shape index (κ2) is 13.1. The van der Waals surface area contributed by atoms with E-state index in [0.717, 1.165) is 16.5 Å². The molecule has 2 rings (SSSR count). The highest BCUT2D eigenvalue weighted by Gasteiger charge is 2.32. The quantitative estimate of drug-likeness (QED) is 0.244. The summed E-state index contributed by atoms with van der Waals surface area (Å²) >= 11 is 0. The summed E-state index contributed by atoms with van der Waals surface area (Å²) in [6, 6.07) is 3.89. The molecule has 3 amide bonds. The van der Waals surface area contributed by atoms with Gasteiger partial charge in [0.15, 0.2) is 0 Å². The minimum absolute atomic E-state index is 0.0578. The topological polar surface area (TPSA) is 166 Å². The molecule has 1 aromatic heterocycles. The first-order valence-corrected chi connectivity index (χ1v) is 12.4. The molecule has 10 heteroatoms. The molecule has 0 aliphatic heterocycles. The number of aromatic amines is 1. The van der Waals surface area contributed by atoms with Gasteiger partial charge in [0.1, 0.15) is 18.1 Å². The monoisotopic (exact) mass is 501 g/mol. The first kappa shape index (κ1) is 28.8. The fraction of sp³-hybridized carbons (Fsp3) is 0.538. The Balaban J connectivity index is 2.12. The van der Waals surface area contributed by atoms with Gasteiger partial charge in [0, 0.05) is 17.1 Å². The molecule has 5 unspecified atom stereocenters. The summed E-state index contributed by atoms with van der Waals surface area (Å²) in [7, 11) is 0. The van der Waals surface area contributed by atoms with Crippen LogP contribution >= 0.6 is 0 Å². The maximum atomic E-state index is 13.2. The Morgan fingerprint density at radius 1 is 0.972 bits per heavy atom. The number of carboxylic acids is 1. The number of nitrogens with one attached hydrogen (secondary N) is 4. The van der Waals surface area contributed by atoms with E-state index in [4.69, 9.17) is 10.8 Å². The maximum Gasteiger partial charge on any atom is 0.325 e. The fourth-order valence-corrected chi connectivity index (χ4v) is 3.93. The van der Waals surface area contributed by atoms with Crippen molar-refractivity contribution >= 4 is 34.6 Å². The lowest BCUT2D eigenvalue weighted by Gasteiger charge is -2.28. The minimum atomic E-state index is -1.17. The number of rotatable bonds is 13. The van der Waals surface area contributed by atoms with E-state index >= 15 is 0 Å². The molecule has 0 bridgehead atoms. The zero-order chi connectivity index (χ0) is 27.0. The summed E-state index contributed by atoms with van der Waals surface area (Å²) in [4.78, 5) is 53.2. The Bertz CT molecular complexity index is 1070. The number of carboxylic acid groups (broad SMARTS) is 1. The van der Waals surface area contributed by atoms with Crippen molar-refractivity contribution in [3.63, 3.8) is 0 Å². The lowest BCUT2D eigenvalue weighted by molar-refractivity contribution is -0.142. The van der Waals surface area contributed by atoms with E-state index in [1.165, 1.54) is 6.92 Å². The van der Waals surface area contributed by atoms with Crippen LogP contribution in [0.4, 0.5) is 0 Å². The average Bonchev–Trinajstić information content (AvgIpc) is 3.23. The third kappa shape index (κ3) is 7.81. The smallest absolute Gasteiger partial charge is 0.325 e. The van der Waals surface area contributed by atoms with Crippen LogP contribution in [-0.2, 0) is 25.6 Å². The molecular weight excluding hydrogens is 462 g/mol. The van der Waals surface area contributed by atoms with Gasteiger partial charge in [0.2, 0.25) is 17.7 Å². The highest BCUT2D eigenvalue weighted by atomic mass is 16.4. The Morgan fingerprint density at radius 2 is 1.64 bits per heavy atom. The molecule has 36 heavy (non-hydrogen) atoms. The number of hydrogen-bond donors (Lipinski definition) is 6. The number of hydrogen-bond acceptors (Lipinski definition) is 5. The molecule has 0 saturated heterocycles.